The molecule has 2 aromatic carbocycles. The molecule has 2 rings (SSSR count). The molecular weight excluding hydrogens is 278 g/mol. The molecule has 102 valence electrons. The smallest absolute Gasteiger partial charge is 0.137 e. The second-order valence-corrected chi connectivity index (χ2v) is 5.23. The van der Waals surface area contributed by atoms with Crippen LogP contribution in [0.15, 0.2) is 46.2 Å². The van der Waals surface area contributed by atoms with Gasteiger partial charge in [-0.2, -0.15) is 5.26 Å². The highest BCUT2D eigenvalue weighted by molar-refractivity contribution is 7.99. The summed E-state index contributed by atoms with van der Waals surface area (Å²) in [7, 11) is 1.82. The van der Waals surface area contributed by atoms with Crippen LogP contribution in [0.4, 0.5) is 8.78 Å². The summed E-state index contributed by atoms with van der Waals surface area (Å²) >= 11 is 1.05. The van der Waals surface area contributed by atoms with Crippen molar-refractivity contribution in [1.29, 1.82) is 5.26 Å². The van der Waals surface area contributed by atoms with E-state index in [1.165, 1.54) is 0 Å². The quantitative estimate of drug-likeness (QED) is 0.932. The number of benzene rings is 2. The van der Waals surface area contributed by atoms with Gasteiger partial charge < -0.3 is 5.32 Å². The monoisotopic (exact) mass is 290 g/mol. The van der Waals surface area contributed by atoms with Crippen molar-refractivity contribution in [2.45, 2.75) is 16.3 Å². The average molecular weight is 290 g/mol. The second kappa shape index (κ2) is 6.51. The van der Waals surface area contributed by atoms with E-state index in [0.29, 0.717) is 17.0 Å². The van der Waals surface area contributed by atoms with Crippen molar-refractivity contribution < 1.29 is 8.78 Å². The highest BCUT2D eigenvalue weighted by Gasteiger charge is 2.10. The van der Waals surface area contributed by atoms with Crippen LogP contribution in [0.5, 0.6) is 0 Å². The van der Waals surface area contributed by atoms with Gasteiger partial charge in [-0.25, -0.2) is 8.78 Å². The fourth-order valence-electron chi connectivity index (χ4n) is 1.74. The minimum Gasteiger partial charge on any atom is -0.316 e. The minimum atomic E-state index is -0.501. The lowest BCUT2D eigenvalue weighted by molar-refractivity contribution is 0.577. The molecule has 0 amide bonds. The van der Waals surface area contributed by atoms with Crippen molar-refractivity contribution in [2.75, 3.05) is 7.05 Å². The number of rotatable bonds is 4. The Morgan fingerprint density at radius 2 is 1.95 bits per heavy atom. The van der Waals surface area contributed by atoms with Gasteiger partial charge in [0.25, 0.3) is 0 Å². The molecular formula is C15H12F2N2S. The molecule has 2 nitrogen and oxygen atoms in total. The van der Waals surface area contributed by atoms with Gasteiger partial charge in [0.2, 0.25) is 0 Å². The number of nitrogens with one attached hydrogen (secondary N) is 1. The maximum atomic E-state index is 13.6. The number of hydrogen-bond donors (Lipinski definition) is 1. The second-order valence-electron chi connectivity index (χ2n) is 4.15. The van der Waals surface area contributed by atoms with E-state index in [9.17, 15) is 8.78 Å². The molecule has 0 fully saturated rings. The Kier molecular flexibility index (Phi) is 4.72. The van der Waals surface area contributed by atoms with E-state index in [4.69, 9.17) is 5.26 Å². The zero-order valence-electron chi connectivity index (χ0n) is 10.8. The van der Waals surface area contributed by atoms with Crippen LogP contribution in [0.25, 0.3) is 0 Å². The SMILES string of the molecule is CNCc1ccc(Sc2cc(F)ccc2F)c(C#N)c1. The summed E-state index contributed by atoms with van der Waals surface area (Å²) in [6.07, 6.45) is 0. The summed E-state index contributed by atoms with van der Waals surface area (Å²) in [5.41, 5.74) is 1.42. The maximum absolute atomic E-state index is 13.6. The van der Waals surface area contributed by atoms with E-state index in [2.05, 4.69) is 11.4 Å². The molecule has 0 aliphatic rings. The van der Waals surface area contributed by atoms with Crippen LogP contribution in [0, 0.1) is 23.0 Å². The lowest BCUT2D eigenvalue weighted by Crippen LogP contribution is -2.05. The van der Waals surface area contributed by atoms with Gasteiger partial charge in [0.05, 0.1) is 10.5 Å². The van der Waals surface area contributed by atoms with E-state index in [1.807, 2.05) is 13.1 Å². The van der Waals surface area contributed by atoms with Crippen LogP contribution in [0.3, 0.4) is 0 Å². The van der Waals surface area contributed by atoms with Gasteiger partial charge in [0.1, 0.15) is 17.7 Å². The Hall–Kier alpha value is -1.90. The Bertz CT molecular complexity index is 665. The molecule has 0 saturated heterocycles. The molecule has 0 aliphatic carbocycles. The fraction of sp³-hybridized carbons (Fsp3) is 0.133. The summed E-state index contributed by atoms with van der Waals surface area (Å²) in [6, 6.07) is 10.7. The summed E-state index contributed by atoms with van der Waals surface area (Å²) in [4.78, 5) is 0.778. The van der Waals surface area contributed by atoms with Crippen molar-refractivity contribution in [3.8, 4) is 6.07 Å². The Morgan fingerprint density at radius 3 is 2.65 bits per heavy atom. The van der Waals surface area contributed by atoms with Crippen LogP contribution in [0.2, 0.25) is 0 Å². The van der Waals surface area contributed by atoms with Crippen LogP contribution < -0.4 is 5.32 Å². The van der Waals surface area contributed by atoms with Crippen molar-refractivity contribution in [3.05, 3.63) is 59.2 Å². The highest BCUT2D eigenvalue weighted by Crippen LogP contribution is 2.33. The third-order valence-electron chi connectivity index (χ3n) is 2.66. The molecule has 20 heavy (non-hydrogen) atoms. The van der Waals surface area contributed by atoms with Crippen LogP contribution in [-0.4, -0.2) is 7.05 Å². The third kappa shape index (κ3) is 3.35. The molecule has 2 aromatic rings. The van der Waals surface area contributed by atoms with Crippen molar-refractivity contribution in [3.63, 3.8) is 0 Å². The molecule has 0 unspecified atom stereocenters. The van der Waals surface area contributed by atoms with Crippen molar-refractivity contribution >= 4 is 11.8 Å². The summed E-state index contributed by atoms with van der Waals surface area (Å²) < 4.78 is 26.8. The highest BCUT2D eigenvalue weighted by atomic mass is 32.2. The van der Waals surface area contributed by atoms with E-state index >= 15 is 0 Å². The van der Waals surface area contributed by atoms with Gasteiger partial charge in [0, 0.05) is 11.4 Å². The maximum Gasteiger partial charge on any atom is 0.137 e. The molecule has 1 N–H and O–H groups in total. The summed E-state index contributed by atoms with van der Waals surface area (Å²) in [5.74, 6) is -1.00. The van der Waals surface area contributed by atoms with Crippen molar-refractivity contribution in [2.24, 2.45) is 0 Å². The van der Waals surface area contributed by atoms with E-state index in [0.717, 1.165) is 35.5 Å². The standard InChI is InChI=1S/C15H12F2N2S/c1-19-9-10-2-5-14(11(6-10)8-18)20-15-7-12(16)3-4-13(15)17/h2-7,19H,9H2,1H3. The van der Waals surface area contributed by atoms with Gasteiger partial charge in [-0.15, -0.1) is 0 Å². The van der Waals surface area contributed by atoms with Gasteiger partial charge in [-0.05, 0) is 42.9 Å². The summed E-state index contributed by atoms with van der Waals surface area (Å²) in [5, 5.41) is 12.2. The molecule has 0 bridgehead atoms. The number of nitrogens with zero attached hydrogens (tertiary/aromatic N) is 1. The minimum absolute atomic E-state index is 0.169. The van der Waals surface area contributed by atoms with E-state index < -0.39 is 11.6 Å². The van der Waals surface area contributed by atoms with Crippen molar-refractivity contribution in [1.82, 2.24) is 5.32 Å². The lowest BCUT2D eigenvalue weighted by Gasteiger charge is -2.07. The molecule has 0 aliphatic heterocycles. The fourth-order valence-corrected chi connectivity index (χ4v) is 2.67. The number of nitriles is 1. The van der Waals surface area contributed by atoms with E-state index in [-0.39, 0.29) is 4.90 Å². The molecule has 0 atom stereocenters. The van der Waals surface area contributed by atoms with Gasteiger partial charge in [-0.1, -0.05) is 17.8 Å². The number of halogens is 2. The van der Waals surface area contributed by atoms with Gasteiger partial charge in [0.15, 0.2) is 0 Å². The zero-order valence-corrected chi connectivity index (χ0v) is 11.6. The summed E-state index contributed by atoms with van der Waals surface area (Å²) in [6.45, 7) is 0.647. The number of hydrogen-bond acceptors (Lipinski definition) is 3. The molecule has 0 aromatic heterocycles. The van der Waals surface area contributed by atoms with Crippen LogP contribution >= 0.6 is 11.8 Å². The first-order valence-corrected chi connectivity index (χ1v) is 6.76. The zero-order chi connectivity index (χ0) is 14.5. The molecule has 0 saturated carbocycles. The van der Waals surface area contributed by atoms with Gasteiger partial charge in [-0.3, -0.25) is 0 Å². The molecule has 0 radical (unpaired) electrons. The Morgan fingerprint density at radius 1 is 1.15 bits per heavy atom. The molecule has 0 spiro atoms. The predicted octanol–water partition coefficient (Wildman–Crippen LogP) is 3.71. The normalized spacial score (nSPS) is 10.3. The first-order valence-electron chi connectivity index (χ1n) is 5.94. The predicted molar refractivity (Wildman–Crippen MR) is 74.4 cm³/mol. The van der Waals surface area contributed by atoms with Crippen LogP contribution in [0.1, 0.15) is 11.1 Å². The first-order chi connectivity index (χ1) is 9.63. The molecule has 0 heterocycles. The first kappa shape index (κ1) is 14.5. The van der Waals surface area contributed by atoms with Gasteiger partial charge >= 0.3 is 0 Å². The Balaban J connectivity index is 2.34. The largest absolute Gasteiger partial charge is 0.316 e. The third-order valence-corrected chi connectivity index (χ3v) is 3.77. The average Bonchev–Trinajstić information content (AvgIpc) is 2.44. The lowest BCUT2D eigenvalue weighted by atomic mass is 10.1. The molecule has 5 heteroatoms. The van der Waals surface area contributed by atoms with Crippen LogP contribution in [-0.2, 0) is 6.54 Å². The topological polar surface area (TPSA) is 35.8 Å². The van der Waals surface area contributed by atoms with E-state index in [1.54, 1.807) is 12.1 Å². The Labute approximate surface area is 120 Å².